The minimum atomic E-state index is 0.171. The van der Waals surface area contributed by atoms with Crippen molar-refractivity contribution in [3.8, 4) is 39.1 Å². The number of anilines is 5. The molecule has 0 heterocycles. The van der Waals surface area contributed by atoms with Gasteiger partial charge in [-0.1, -0.05) is 228 Å². The molecule has 1 N–H and O–H groups in total. The Morgan fingerprint density at radius 2 is 0.928 bits per heavy atom. The third-order valence-electron chi connectivity index (χ3n) is 16.4. The molecule has 0 saturated carbocycles. The summed E-state index contributed by atoms with van der Waals surface area (Å²) in [4.78, 5) is 4.91. The summed E-state index contributed by atoms with van der Waals surface area (Å²) in [6.45, 7) is 8.96. The van der Waals surface area contributed by atoms with E-state index in [9.17, 15) is 5.11 Å². The van der Waals surface area contributed by atoms with Gasteiger partial charge < -0.3 is 19.6 Å². The lowest BCUT2D eigenvalue weighted by Gasteiger charge is -2.35. The summed E-state index contributed by atoms with van der Waals surface area (Å²) in [5.74, 6) is 1.23. The van der Waals surface area contributed by atoms with Crippen LogP contribution in [0.1, 0.15) is 91.5 Å². The number of rotatable bonds is 19. The average Bonchev–Trinajstić information content (AvgIpc) is 3.62. The highest BCUT2D eigenvalue weighted by Crippen LogP contribution is 2.41. The minimum Gasteiger partial charge on any atom is -0.507 e. The third kappa shape index (κ3) is 12.7. The first kappa shape index (κ1) is 55.5. The predicted molar refractivity (Wildman–Crippen MR) is 354 cm³/mol. The van der Waals surface area contributed by atoms with Crippen molar-refractivity contribution in [1.82, 2.24) is 0 Å². The second-order valence-electron chi connectivity index (χ2n) is 21.6. The highest BCUT2D eigenvalue weighted by atomic mass is 16.5. The first-order chi connectivity index (χ1) is 40.8. The lowest BCUT2D eigenvalue weighted by Crippen LogP contribution is -2.31. The fourth-order valence-corrected chi connectivity index (χ4v) is 11.6. The number of aromatic hydroxyl groups is 1. The highest BCUT2D eigenvalue weighted by molar-refractivity contribution is 5.83. The number of methoxy groups -OCH3 is 1. The van der Waals surface area contributed by atoms with Gasteiger partial charge in [0.15, 0.2) is 0 Å². The van der Waals surface area contributed by atoms with Crippen LogP contribution in [0.4, 0.5) is 28.4 Å². The van der Waals surface area contributed by atoms with E-state index in [0.717, 1.165) is 84.3 Å². The van der Waals surface area contributed by atoms with Gasteiger partial charge in [0.1, 0.15) is 11.5 Å². The van der Waals surface area contributed by atoms with Crippen molar-refractivity contribution >= 4 is 52.2 Å². The Balaban J connectivity index is 0.759. The van der Waals surface area contributed by atoms with Gasteiger partial charge in [0.2, 0.25) is 0 Å². The molecule has 11 rings (SSSR count). The highest BCUT2D eigenvalue weighted by Gasteiger charge is 2.23. The Labute approximate surface area is 492 Å². The summed E-state index contributed by atoms with van der Waals surface area (Å²) < 4.78 is 5.64. The van der Waals surface area contributed by atoms with Gasteiger partial charge >= 0.3 is 0 Å². The Bertz CT molecular complexity index is 3870. The van der Waals surface area contributed by atoms with Crippen LogP contribution in [0.25, 0.3) is 57.2 Å². The molecule has 1 unspecified atom stereocenters. The zero-order chi connectivity index (χ0) is 57.1. The van der Waals surface area contributed by atoms with E-state index in [1.54, 1.807) is 13.2 Å². The number of benzene rings is 9. The topological polar surface area (TPSA) is 35.9 Å². The first-order valence-electron chi connectivity index (χ1n) is 29.7. The van der Waals surface area contributed by atoms with E-state index in [-0.39, 0.29) is 11.8 Å². The van der Waals surface area contributed by atoms with Crippen LogP contribution in [0.3, 0.4) is 0 Å². The summed E-state index contributed by atoms with van der Waals surface area (Å²) in [7, 11) is 1.75. The van der Waals surface area contributed by atoms with Crippen LogP contribution in [0.2, 0.25) is 0 Å². The van der Waals surface area contributed by atoms with Crippen LogP contribution in [-0.4, -0.2) is 18.3 Å². The number of ether oxygens (including phenoxy) is 1. The average molecular weight is 1080 g/mol. The Hall–Kier alpha value is -9.38. The van der Waals surface area contributed by atoms with Crippen LogP contribution in [0.15, 0.2) is 254 Å². The zero-order valence-electron chi connectivity index (χ0n) is 48.6. The van der Waals surface area contributed by atoms with E-state index in [1.165, 1.54) is 83.8 Å². The largest absolute Gasteiger partial charge is 0.507 e. The number of phenols is 1. The molecule has 0 fully saturated rings. The molecule has 4 heteroatoms. The smallest absolute Gasteiger partial charge is 0.122 e. The predicted octanol–water partition coefficient (Wildman–Crippen LogP) is 21.1. The first-order valence-corrected chi connectivity index (χ1v) is 29.7. The molecule has 4 nitrogen and oxygen atoms in total. The van der Waals surface area contributed by atoms with Crippen molar-refractivity contribution in [3.05, 3.63) is 299 Å². The van der Waals surface area contributed by atoms with Crippen LogP contribution in [0.5, 0.6) is 5.75 Å². The number of allylic oxidation sites excluding steroid dienone is 5. The second-order valence-corrected chi connectivity index (χ2v) is 21.6. The quantitative estimate of drug-likeness (QED) is 0.0819. The molecule has 9 aromatic rings. The second kappa shape index (κ2) is 26.0. The molecule has 0 amide bonds. The van der Waals surface area contributed by atoms with E-state index >= 15 is 0 Å². The third-order valence-corrected chi connectivity index (χ3v) is 16.4. The van der Waals surface area contributed by atoms with Crippen molar-refractivity contribution in [2.75, 3.05) is 16.9 Å². The van der Waals surface area contributed by atoms with Gasteiger partial charge in [-0.05, 0) is 184 Å². The summed E-state index contributed by atoms with van der Waals surface area (Å²) >= 11 is 0. The number of hydrogen-bond donors (Lipinski definition) is 1. The van der Waals surface area contributed by atoms with Crippen LogP contribution in [-0.2, 0) is 30.4 Å². The van der Waals surface area contributed by atoms with E-state index in [1.807, 2.05) is 30.4 Å². The maximum absolute atomic E-state index is 10.3. The van der Waals surface area contributed by atoms with Gasteiger partial charge in [0.05, 0.1) is 13.2 Å². The summed E-state index contributed by atoms with van der Waals surface area (Å²) in [6.07, 6.45) is 26.8. The molecule has 0 bridgehead atoms. The zero-order valence-corrected chi connectivity index (χ0v) is 48.6. The van der Waals surface area contributed by atoms with Gasteiger partial charge in [-0.3, -0.25) is 0 Å². The summed E-state index contributed by atoms with van der Waals surface area (Å²) in [5, 5.41) is 10.3. The van der Waals surface area contributed by atoms with Crippen molar-refractivity contribution in [2.24, 2.45) is 0 Å². The number of nitrogens with zero attached hydrogens (tertiary/aromatic N) is 2. The molecule has 83 heavy (non-hydrogen) atoms. The van der Waals surface area contributed by atoms with Crippen LogP contribution in [0, 0.1) is 0 Å². The van der Waals surface area contributed by atoms with E-state index < -0.39 is 0 Å². The minimum absolute atomic E-state index is 0.171. The number of phenolic OH excluding ortho intramolecular Hbond substituents is 1. The maximum atomic E-state index is 10.3. The molecule has 1 atom stereocenters. The Kier molecular flexibility index (Phi) is 17.4. The van der Waals surface area contributed by atoms with E-state index in [4.69, 9.17) is 4.74 Å². The lowest BCUT2D eigenvalue weighted by atomic mass is 9.93. The monoisotopic (exact) mass is 1080 g/mol. The SMILES string of the molecule is CCc1ccc(N(c2ccc(/C=C/c3ccccc3O)cc2)c2ccc(-c3ccc(-c4ccc(-c5ccc(C6=CCC(N(c7ccc(/C=C/C8=CCCC=C8OC)cc7)c7ccc(CC)cc7CC)C=C6)cc5)cc4)cc3)cc2)c(CC)c1. The maximum Gasteiger partial charge on any atom is 0.122 e. The van der Waals surface area contributed by atoms with Gasteiger partial charge in [0, 0.05) is 39.6 Å². The van der Waals surface area contributed by atoms with Crippen LogP contribution >= 0.6 is 0 Å². The number of aryl methyl sites for hydroxylation is 4. The number of hydrogen-bond acceptors (Lipinski definition) is 4. The molecule has 2 aliphatic rings. The fraction of sp³-hybridized carbons (Fsp3) is 0.165. The molecular weight excluding hydrogens is 1010 g/mol. The van der Waals surface area contributed by atoms with Crippen molar-refractivity contribution in [3.63, 3.8) is 0 Å². The fourth-order valence-electron chi connectivity index (χ4n) is 11.6. The number of para-hydroxylation sites is 1. The molecule has 0 radical (unpaired) electrons. The van der Waals surface area contributed by atoms with E-state index in [0.29, 0.717) is 0 Å². The van der Waals surface area contributed by atoms with Gasteiger partial charge in [-0.25, -0.2) is 0 Å². The molecule has 0 aromatic heterocycles. The molecule has 0 aliphatic heterocycles. The molecule has 412 valence electrons. The van der Waals surface area contributed by atoms with E-state index in [2.05, 4.69) is 262 Å². The van der Waals surface area contributed by atoms with Gasteiger partial charge in [-0.15, -0.1) is 0 Å². The Morgan fingerprint density at radius 1 is 0.458 bits per heavy atom. The van der Waals surface area contributed by atoms with Crippen molar-refractivity contribution in [2.45, 2.75) is 78.7 Å². The lowest BCUT2D eigenvalue weighted by molar-refractivity contribution is 0.299. The molecule has 9 aromatic carbocycles. The molecule has 0 saturated heterocycles. The normalized spacial score (nSPS) is 14.1. The standard InChI is InChI=1S/C79H74N2O2/c1-6-56-24-52-76(60(8-3)54-56)80(72-44-20-58(21-45-72)18-26-70-14-10-12-16-78(70)82)74-48-40-68(41-49-74)66-36-32-64(33-37-66)62-28-30-63(31-29-62)65-34-38-67(39-35-65)69-42-50-75(51-43-69)81(77-53-25-57(7-2)55-61(77)9-4)73-46-22-59(23-47-73)19-27-71-15-11-13-17-79(71)83-5/h10,12,14-50,52-55,75,82H,6-9,11,13,51H2,1-5H3/b26-18+,27-19+. The van der Waals surface area contributed by atoms with Crippen molar-refractivity contribution < 1.29 is 9.84 Å². The van der Waals surface area contributed by atoms with Crippen molar-refractivity contribution in [1.29, 1.82) is 0 Å². The summed E-state index contributed by atoms with van der Waals surface area (Å²) in [5.41, 5.74) is 25.0. The Morgan fingerprint density at radius 3 is 1.43 bits per heavy atom. The molecule has 0 spiro atoms. The molecular formula is C79H74N2O2. The van der Waals surface area contributed by atoms with Gasteiger partial charge in [-0.2, -0.15) is 0 Å². The summed E-state index contributed by atoms with van der Waals surface area (Å²) in [6, 6.07) is 75.1. The van der Waals surface area contributed by atoms with Gasteiger partial charge in [0.25, 0.3) is 0 Å². The molecule has 2 aliphatic carbocycles. The van der Waals surface area contributed by atoms with Crippen LogP contribution < -0.4 is 9.80 Å².